The van der Waals surface area contributed by atoms with E-state index in [4.69, 9.17) is 0 Å². The molecule has 1 aliphatic rings. The van der Waals surface area contributed by atoms with E-state index in [0.29, 0.717) is 12.5 Å². The van der Waals surface area contributed by atoms with Crippen LogP contribution in [0.25, 0.3) is 0 Å². The van der Waals surface area contributed by atoms with Crippen LogP contribution in [-0.4, -0.2) is 28.0 Å². The van der Waals surface area contributed by atoms with Crippen LogP contribution in [0.3, 0.4) is 0 Å². The lowest BCUT2D eigenvalue weighted by molar-refractivity contribution is 0.196. The van der Waals surface area contributed by atoms with E-state index in [9.17, 15) is 4.39 Å². The summed E-state index contributed by atoms with van der Waals surface area (Å²) in [4.78, 5) is 10.6. The van der Waals surface area contributed by atoms with Crippen LogP contribution in [0.15, 0.2) is 42.9 Å². The largest absolute Gasteiger partial charge is 0.298 e. The second kappa shape index (κ2) is 6.09. The number of hydrogen-bond donors (Lipinski definition) is 0. The molecule has 104 valence electrons. The number of likely N-dealkylation sites (tertiary alicyclic amines) is 1. The second-order valence-corrected chi connectivity index (χ2v) is 5.30. The highest BCUT2D eigenvalue weighted by atomic mass is 19.1. The molecule has 0 saturated carbocycles. The Balaban J connectivity index is 1.68. The summed E-state index contributed by atoms with van der Waals surface area (Å²) in [5.74, 6) is 0.315. The number of halogens is 1. The van der Waals surface area contributed by atoms with Gasteiger partial charge in [-0.3, -0.25) is 4.90 Å². The Hall–Kier alpha value is -1.81. The molecule has 0 radical (unpaired) electrons. The Morgan fingerprint density at radius 2 is 2.15 bits per heavy atom. The Morgan fingerprint density at radius 1 is 1.25 bits per heavy atom. The van der Waals surface area contributed by atoms with Gasteiger partial charge in [0.25, 0.3) is 0 Å². The molecule has 0 amide bonds. The zero-order valence-corrected chi connectivity index (χ0v) is 11.4. The number of hydrogen-bond acceptors (Lipinski definition) is 3. The number of nitrogens with zero attached hydrogens (tertiary/aromatic N) is 3. The fraction of sp³-hybridized carbons (Fsp3) is 0.375. The SMILES string of the molecule is Fc1ccccc1CN1CCCC(c2ccncn2)C1. The standard InChI is InChI=1S/C16H18FN3/c17-15-6-2-1-4-13(15)10-20-9-3-5-14(11-20)16-7-8-18-12-19-16/h1-2,4,6-8,12,14H,3,5,9-11H2. The molecule has 3 nitrogen and oxygen atoms in total. The molecule has 1 aliphatic heterocycles. The molecule has 1 atom stereocenters. The van der Waals surface area contributed by atoms with Gasteiger partial charge in [0, 0.05) is 36.5 Å². The second-order valence-electron chi connectivity index (χ2n) is 5.30. The smallest absolute Gasteiger partial charge is 0.127 e. The number of piperidine rings is 1. The van der Waals surface area contributed by atoms with E-state index in [0.717, 1.165) is 37.2 Å². The van der Waals surface area contributed by atoms with E-state index >= 15 is 0 Å². The van der Waals surface area contributed by atoms with E-state index in [2.05, 4.69) is 14.9 Å². The van der Waals surface area contributed by atoms with Crippen LogP contribution in [0.5, 0.6) is 0 Å². The number of benzene rings is 1. The summed E-state index contributed by atoms with van der Waals surface area (Å²) in [5, 5.41) is 0. The minimum atomic E-state index is -0.114. The topological polar surface area (TPSA) is 29.0 Å². The highest BCUT2D eigenvalue weighted by molar-refractivity contribution is 5.17. The van der Waals surface area contributed by atoms with Gasteiger partial charge in [0.2, 0.25) is 0 Å². The zero-order valence-electron chi connectivity index (χ0n) is 11.4. The zero-order chi connectivity index (χ0) is 13.8. The van der Waals surface area contributed by atoms with Crippen molar-refractivity contribution in [2.75, 3.05) is 13.1 Å². The van der Waals surface area contributed by atoms with Crippen molar-refractivity contribution in [2.24, 2.45) is 0 Å². The van der Waals surface area contributed by atoms with Gasteiger partial charge in [0.1, 0.15) is 12.1 Å². The molecular weight excluding hydrogens is 253 g/mol. The van der Waals surface area contributed by atoms with Crippen LogP contribution in [-0.2, 0) is 6.54 Å². The van der Waals surface area contributed by atoms with Crippen LogP contribution >= 0.6 is 0 Å². The Bertz CT molecular complexity index is 559. The first kappa shape index (κ1) is 13.2. The maximum absolute atomic E-state index is 13.7. The first-order chi connectivity index (χ1) is 9.83. The van der Waals surface area contributed by atoms with Crippen molar-refractivity contribution in [1.29, 1.82) is 0 Å². The summed E-state index contributed by atoms with van der Waals surface area (Å²) in [6.45, 7) is 2.63. The van der Waals surface area contributed by atoms with Crippen LogP contribution < -0.4 is 0 Å². The third kappa shape index (κ3) is 3.02. The minimum absolute atomic E-state index is 0.114. The van der Waals surface area contributed by atoms with Crippen molar-refractivity contribution in [3.8, 4) is 0 Å². The average Bonchev–Trinajstić information content (AvgIpc) is 2.51. The van der Waals surface area contributed by atoms with E-state index in [1.54, 1.807) is 18.6 Å². The molecule has 4 heteroatoms. The van der Waals surface area contributed by atoms with Gasteiger partial charge < -0.3 is 0 Å². The molecule has 1 saturated heterocycles. The molecule has 2 heterocycles. The molecule has 3 rings (SSSR count). The highest BCUT2D eigenvalue weighted by Crippen LogP contribution is 2.26. The fourth-order valence-electron chi connectivity index (χ4n) is 2.85. The minimum Gasteiger partial charge on any atom is -0.298 e. The Morgan fingerprint density at radius 3 is 2.95 bits per heavy atom. The number of rotatable bonds is 3. The molecule has 0 spiro atoms. The first-order valence-electron chi connectivity index (χ1n) is 7.04. The summed E-state index contributed by atoms with van der Waals surface area (Å²) in [6, 6.07) is 9.01. The lowest BCUT2D eigenvalue weighted by atomic mass is 9.94. The van der Waals surface area contributed by atoms with Crippen LogP contribution in [0.2, 0.25) is 0 Å². The molecule has 2 aromatic rings. The molecular formula is C16H18FN3. The van der Waals surface area contributed by atoms with Gasteiger partial charge in [-0.2, -0.15) is 0 Å². The van der Waals surface area contributed by atoms with E-state index < -0.39 is 0 Å². The van der Waals surface area contributed by atoms with E-state index in [1.807, 2.05) is 18.2 Å². The fourth-order valence-corrected chi connectivity index (χ4v) is 2.85. The van der Waals surface area contributed by atoms with Crippen LogP contribution in [0.4, 0.5) is 4.39 Å². The van der Waals surface area contributed by atoms with Crippen molar-refractivity contribution in [3.63, 3.8) is 0 Å². The van der Waals surface area contributed by atoms with Crippen molar-refractivity contribution < 1.29 is 4.39 Å². The van der Waals surface area contributed by atoms with E-state index in [-0.39, 0.29) is 5.82 Å². The monoisotopic (exact) mass is 271 g/mol. The molecule has 1 unspecified atom stereocenters. The maximum Gasteiger partial charge on any atom is 0.127 e. The molecule has 0 aliphatic carbocycles. The number of aromatic nitrogens is 2. The Kier molecular flexibility index (Phi) is 4.02. The van der Waals surface area contributed by atoms with Gasteiger partial charge in [0.15, 0.2) is 0 Å². The molecule has 0 N–H and O–H groups in total. The van der Waals surface area contributed by atoms with Crippen LogP contribution in [0.1, 0.15) is 30.0 Å². The highest BCUT2D eigenvalue weighted by Gasteiger charge is 2.22. The predicted molar refractivity (Wildman–Crippen MR) is 75.7 cm³/mol. The van der Waals surface area contributed by atoms with Gasteiger partial charge >= 0.3 is 0 Å². The summed E-state index contributed by atoms with van der Waals surface area (Å²) < 4.78 is 13.7. The van der Waals surface area contributed by atoms with E-state index in [1.165, 1.54) is 6.07 Å². The summed E-state index contributed by atoms with van der Waals surface area (Å²) >= 11 is 0. The van der Waals surface area contributed by atoms with Gasteiger partial charge in [-0.15, -0.1) is 0 Å². The van der Waals surface area contributed by atoms with Crippen molar-refractivity contribution in [2.45, 2.75) is 25.3 Å². The summed E-state index contributed by atoms with van der Waals surface area (Å²) in [7, 11) is 0. The average molecular weight is 271 g/mol. The third-order valence-electron chi connectivity index (χ3n) is 3.88. The normalized spacial score (nSPS) is 19.9. The molecule has 1 aromatic carbocycles. The lowest BCUT2D eigenvalue weighted by Gasteiger charge is -2.32. The molecule has 1 fully saturated rings. The maximum atomic E-state index is 13.7. The van der Waals surface area contributed by atoms with Gasteiger partial charge in [0.05, 0.1) is 0 Å². The predicted octanol–water partition coefficient (Wildman–Crippen LogP) is 3.00. The van der Waals surface area contributed by atoms with Crippen molar-refractivity contribution >= 4 is 0 Å². The van der Waals surface area contributed by atoms with Gasteiger partial charge in [-0.25, -0.2) is 14.4 Å². The molecule has 20 heavy (non-hydrogen) atoms. The summed E-state index contributed by atoms with van der Waals surface area (Å²) in [5.41, 5.74) is 1.87. The van der Waals surface area contributed by atoms with Crippen molar-refractivity contribution in [1.82, 2.24) is 14.9 Å². The Labute approximate surface area is 118 Å². The first-order valence-corrected chi connectivity index (χ1v) is 7.04. The van der Waals surface area contributed by atoms with Crippen molar-refractivity contribution in [3.05, 3.63) is 59.9 Å². The quantitative estimate of drug-likeness (QED) is 0.859. The van der Waals surface area contributed by atoms with Gasteiger partial charge in [-0.1, -0.05) is 18.2 Å². The summed E-state index contributed by atoms with van der Waals surface area (Å²) in [6.07, 6.45) is 5.66. The van der Waals surface area contributed by atoms with Crippen LogP contribution in [0, 0.1) is 5.82 Å². The third-order valence-corrected chi connectivity index (χ3v) is 3.88. The molecule has 1 aromatic heterocycles. The van der Waals surface area contributed by atoms with Gasteiger partial charge in [-0.05, 0) is 31.5 Å². The lowest BCUT2D eigenvalue weighted by Crippen LogP contribution is -2.34. The molecule has 0 bridgehead atoms.